The van der Waals surface area contributed by atoms with Crippen LogP contribution in [-0.4, -0.2) is 68.5 Å². The third-order valence-electron chi connectivity index (χ3n) is 18.2. The van der Waals surface area contributed by atoms with Crippen LogP contribution in [0.15, 0.2) is 12.2 Å². The van der Waals surface area contributed by atoms with Crippen LogP contribution in [0.5, 0.6) is 0 Å². The van der Waals surface area contributed by atoms with Crippen LogP contribution in [0.25, 0.3) is 0 Å². The number of nitrogens with zero attached hydrogens (tertiary/aromatic N) is 1. The van der Waals surface area contributed by atoms with Crippen molar-refractivity contribution in [2.75, 3.05) is 40.9 Å². The molecule has 2 N–H and O–H groups in total. The number of amides is 1. The van der Waals surface area contributed by atoms with Gasteiger partial charge in [-0.25, -0.2) is 0 Å². The van der Waals surface area contributed by atoms with Gasteiger partial charge in [0.25, 0.3) is 7.82 Å². The lowest BCUT2D eigenvalue weighted by atomic mass is 10.0. The average molecular weight is 1220 g/mol. The summed E-state index contributed by atoms with van der Waals surface area (Å²) in [6, 6.07) is -0.884. The zero-order valence-electron chi connectivity index (χ0n) is 58.4. The van der Waals surface area contributed by atoms with Gasteiger partial charge in [0.1, 0.15) is 13.2 Å². The first-order chi connectivity index (χ1) is 41.5. The van der Waals surface area contributed by atoms with Crippen molar-refractivity contribution in [3.8, 4) is 0 Å². The van der Waals surface area contributed by atoms with E-state index < -0.39 is 20.0 Å². The Balaban J connectivity index is 3.96. The molecule has 0 spiro atoms. The lowest BCUT2D eigenvalue weighted by molar-refractivity contribution is -0.870. The molecule has 3 unspecified atom stereocenters. The molecule has 85 heavy (non-hydrogen) atoms. The first-order valence-electron chi connectivity index (χ1n) is 38.6. The molecule has 0 aliphatic heterocycles. The number of likely N-dealkylation sites (N-methyl/N-ethyl adjacent to an activating group) is 1. The molecule has 0 aliphatic carbocycles. The summed E-state index contributed by atoms with van der Waals surface area (Å²) in [5.74, 6) is -0.186. The van der Waals surface area contributed by atoms with Crippen LogP contribution < -0.4 is 10.2 Å². The van der Waals surface area contributed by atoms with Crippen molar-refractivity contribution in [2.45, 2.75) is 431 Å². The van der Waals surface area contributed by atoms with Crippen LogP contribution in [0.4, 0.5) is 0 Å². The van der Waals surface area contributed by atoms with Gasteiger partial charge in [-0.15, -0.1) is 0 Å². The van der Waals surface area contributed by atoms with Crippen LogP contribution in [0.2, 0.25) is 0 Å². The average Bonchev–Trinajstić information content (AvgIpc) is 3.52. The second-order valence-corrected chi connectivity index (χ2v) is 29.5. The van der Waals surface area contributed by atoms with Gasteiger partial charge in [-0.2, -0.15) is 0 Å². The minimum atomic E-state index is -4.60. The number of hydrogen-bond donors (Lipinski definition) is 2. The Labute approximate surface area is 532 Å². The highest BCUT2D eigenvalue weighted by Gasteiger charge is 2.23. The van der Waals surface area contributed by atoms with E-state index in [1.807, 2.05) is 27.2 Å². The smallest absolute Gasteiger partial charge is 0.268 e. The lowest BCUT2D eigenvalue weighted by Gasteiger charge is -2.29. The van der Waals surface area contributed by atoms with E-state index in [0.29, 0.717) is 17.4 Å². The van der Waals surface area contributed by atoms with Crippen molar-refractivity contribution in [1.82, 2.24) is 5.32 Å². The quantitative estimate of drug-likeness (QED) is 0.0272. The van der Waals surface area contributed by atoms with Crippen molar-refractivity contribution in [1.29, 1.82) is 0 Å². The van der Waals surface area contributed by atoms with E-state index in [0.717, 1.165) is 38.5 Å². The largest absolute Gasteiger partial charge is 0.756 e. The van der Waals surface area contributed by atoms with Gasteiger partial charge in [0, 0.05) is 6.42 Å². The predicted molar refractivity (Wildman–Crippen MR) is 372 cm³/mol. The monoisotopic (exact) mass is 1220 g/mol. The predicted octanol–water partition coefficient (Wildman–Crippen LogP) is 24.2. The van der Waals surface area contributed by atoms with E-state index in [-0.39, 0.29) is 19.1 Å². The molecule has 0 fully saturated rings. The molecule has 0 aromatic carbocycles. The molecule has 0 bridgehead atoms. The summed E-state index contributed by atoms with van der Waals surface area (Å²) >= 11 is 0. The molecule has 3 atom stereocenters. The van der Waals surface area contributed by atoms with Crippen LogP contribution in [0.1, 0.15) is 418 Å². The number of quaternary nitrogens is 1. The number of carbonyl (C=O) groups is 1. The SMILES string of the molecule is CCCCCCCCCCCCCCCCCCCCCCCCCCCCCC/C=C/C(O)C(COP(=O)([O-])OCC[N+](C)(C)C)NC(=O)CCCCCCCCCCCCCCCCCCCCCCCCCCCCCCCCCCC. The van der Waals surface area contributed by atoms with Gasteiger partial charge in [-0.3, -0.25) is 9.36 Å². The highest BCUT2D eigenvalue weighted by Crippen LogP contribution is 2.38. The molecule has 8 nitrogen and oxygen atoms in total. The molecule has 0 aliphatic rings. The molecule has 0 heterocycles. The molecule has 0 aromatic heterocycles. The fourth-order valence-electron chi connectivity index (χ4n) is 12.3. The highest BCUT2D eigenvalue weighted by molar-refractivity contribution is 7.45. The minimum absolute atomic E-state index is 0.00313. The number of phosphoric acid groups is 1. The zero-order chi connectivity index (χ0) is 61.9. The van der Waals surface area contributed by atoms with E-state index in [2.05, 4.69) is 19.2 Å². The maximum Gasteiger partial charge on any atom is 0.268 e. The highest BCUT2D eigenvalue weighted by atomic mass is 31.2. The number of aliphatic hydroxyl groups is 1. The maximum atomic E-state index is 13.1. The fourth-order valence-corrected chi connectivity index (χ4v) is 13.0. The third-order valence-corrected chi connectivity index (χ3v) is 19.2. The van der Waals surface area contributed by atoms with Crippen molar-refractivity contribution < 1.29 is 32.9 Å². The molecule has 0 radical (unpaired) electrons. The Morgan fingerprint density at radius 3 is 0.882 bits per heavy atom. The zero-order valence-corrected chi connectivity index (χ0v) is 59.3. The standard InChI is InChI=1S/C76H153N2O6P/c1-6-8-10-12-14-16-18-20-22-24-26-28-30-32-34-36-38-39-40-42-44-46-48-50-52-54-56-58-60-62-64-66-68-70-76(80)77-74(73-84-85(81,82)83-72-71-78(3,4)5)75(79)69-67-65-63-61-59-57-55-53-51-49-47-45-43-41-37-35-33-31-29-27-25-23-21-19-17-15-13-11-9-7-2/h67,69,74-75,79H,6-66,68,70-73H2,1-5H3,(H-,77,80,81,82)/b69-67+. The van der Waals surface area contributed by atoms with Crippen LogP contribution >= 0.6 is 7.82 Å². The number of aliphatic hydroxyl groups excluding tert-OH is 1. The molecule has 0 rings (SSSR count). The van der Waals surface area contributed by atoms with Gasteiger partial charge in [0.05, 0.1) is 39.9 Å². The maximum absolute atomic E-state index is 13.1. The third kappa shape index (κ3) is 70.6. The molecule has 508 valence electrons. The van der Waals surface area contributed by atoms with Crippen LogP contribution in [-0.2, 0) is 18.4 Å². The number of rotatable bonds is 73. The van der Waals surface area contributed by atoms with Crippen molar-refractivity contribution in [3.63, 3.8) is 0 Å². The van der Waals surface area contributed by atoms with Gasteiger partial charge >= 0.3 is 0 Å². The van der Waals surface area contributed by atoms with Gasteiger partial charge in [0.15, 0.2) is 0 Å². The molecule has 0 aromatic rings. The second kappa shape index (κ2) is 67.6. The van der Waals surface area contributed by atoms with Gasteiger partial charge in [-0.1, -0.05) is 405 Å². The lowest BCUT2D eigenvalue weighted by Crippen LogP contribution is -2.45. The van der Waals surface area contributed by atoms with E-state index in [4.69, 9.17) is 9.05 Å². The summed E-state index contributed by atoms with van der Waals surface area (Å²) < 4.78 is 23.5. The molecular weight excluding hydrogens is 1070 g/mol. The molecule has 0 saturated heterocycles. The van der Waals surface area contributed by atoms with Gasteiger partial charge in [0.2, 0.25) is 5.91 Å². The van der Waals surface area contributed by atoms with Crippen molar-refractivity contribution in [3.05, 3.63) is 12.2 Å². The molecule has 1 amide bonds. The Kier molecular flexibility index (Phi) is 67.0. The molecule has 0 saturated carbocycles. The summed E-state index contributed by atoms with van der Waals surface area (Å²) in [6.45, 7) is 4.73. The van der Waals surface area contributed by atoms with E-state index in [1.165, 1.54) is 360 Å². The van der Waals surface area contributed by atoms with Crippen molar-refractivity contribution >= 4 is 13.7 Å². The Morgan fingerprint density at radius 2 is 0.635 bits per heavy atom. The number of phosphoric ester groups is 1. The van der Waals surface area contributed by atoms with Crippen LogP contribution in [0.3, 0.4) is 0 Å². The molecule has 9 heteroatoms. The minimum Gasteiger partial charge on any atom is -0.756 e. The fraction of sp³-hybridized carbons (Fsp3) is 0.961. The number of carbonyl (C=O) groups excluding carboxylic acids is 1. The summed E-state index contributed by atoms with van der Waals surface area (Å²) in [5.41, 5.74) is 0. The number of allylic oxidation sites excluding steroid dienone is 1. The normalized spacial score (nSPS) is 13.5. The van der Waals surface area contributed by atoms with Crippen molar-refractivity contribution in [2.24, 2.45) is 0 Å². The summed E-state index contributed by atoms with van der Waals surface area (Å²) in [7, 11) is 1.29. The topological polar surface area (TPSA) is 108 Å². The summed E-state index contributed by atoms with van der Waals surface area (Å²) in [4.78, 5) is 25.7. The number of nitrogens with one attached hydrogen (secondary N) is 1. The van der Waals surface area contributed by atoms with E-state index in [1.54, 1.807) is 6.08 Å². The number of hydrogen-bond acceptors (Lipinski definition) is 6. The van der Waals surface area contributed by atoms with Gasteiger partial charge in [-0.05, 0) is 19.3 Å². The first kappa shape index (κ1) is 84.2. The van der Waals surface area contributed by atoms with Crippen LogP contribution in [0, 0.1) is 0 Å². The second-order valence-electron chi connectivity index (χ2n) is 28.1. The summed E-state index contributed by atoms with van der Waals surface area (Å²) in [5, 5.41) is 14.0. The first-order valence-corrected chi connectivity index (χ1v) is 40.0. The Morgan fingerprint density at radius 1 is 0.400 bits per heavy atom. The Bertz CT molecular complexity index is 1390. The number of unbranched alkanes of at least 4 members (excludes halogenated alkanes) is 60. The van der Waals surface area contributed by atoms with E-state index >= 15 is 0 Å². The summed E-state index contributed by atoms with van der Waals surface area (Å²) in [6.07, 6.45) is 88.0. The van der Waals surface area contributed by atoms with E-state index in [9.17, 15) is 19.4 Å². The molecular formula is C76H153N2O6P. The van der Waals surface area contributed by atoms with Gasteiger partial charge < -0.3 is 28.8 Å². The Hall–Kier alpha value is -0.760.